The lowest BCUT2D eigenvalue weighted by molar-refractivity contribution is 0.505. The quantitative estimate of drug-likeness (QED) is 0.887. The van der Waals surface area contributed by atoms with E-state index in [9.17, 15) is 0 Å². The molecule has 2 aromatic rings. The number of aryl methyl sites for hydroxylation is 2. The van der Waals surface area contributed by atoms with Gasteiger partial charge in [0.2, 0.25) is 0 Å². The summed E-state index contributed by atoms with van der Waals surface area (Å²) in [6.07, 6.45) is 6.66. The van der Waals surface area contributed by atoms with Crippen molar-refractivity contribution in [2.24, 2.45) is 7.05 Å². The SMILES string of the molecule is CCCn1ncc(Br)c1C(NCC)c1cncn1C. The van der Waals surface area contributed by atoms with E-state index >= 15 is 0 Å². The lowest BCUT2D eigenvalue weighted by atomic mass is 10.1. The number of aromatic nitrogens is 4. The summed E-state index contributed by atoms with van der Waals surface area (Å²) < 4.78 is 5.14. The maximum Gasteiger partial charge on any atom is 0.0946 e. The average molecular weight is 326 g/mol. The molecule has 0 saturated heterocycles. The first-order chi connectivity index (χ1) is 9.19. The maximum atomic E-state index is 4.45. The second-order valence-corrected chi connectivity index (χ2v) is 5.38. The van der Waals surface area contributed by atoms with Crippen molar-refractivity contribution in [2.45, 2.75) is 32.9 Å². The van der Waals surface area contributed by atoms with Crippen LogP contribution >= 0.6 is 15.9 Å². The van der Waals surface area contributed by atoms with Gasteiger partial charge < -0.3 is 9.88 Å². The molecule has 0 bridgehead atoms. The third kappa shape index (κ3) is 2.90. The predicted octanol–water partition coefficient (Wildman–Crippen LogP) is 2.49. The highest BCUT2D eigenvalue weighted by molar-refractivity contribution is 9.10. The van der Waals surface area contributed by atoms with Crippen LogP contribution in [0.3, 0.4) is 0 Å². The molecule has 0 radical (unpaired) electrons. The van der Waals surface area contributed by atoms with Gasteiger partial charge in [0.1, 0.15) is 0 Å². The van der Waals surface area contributed by atoms with Gasteiger partial charge in [0.05, 0.1) is 40.6 Å². The van der Waals surface area contributed by atoms with Crippen molar-refractivity contribution in [3.05, 3.63) is 34.6 Å². The van der Waals surface area contributed by atoms with Crippen LogP contribution in [0, 0.1) is 0 Å². The standard InChI is InChI=1S/C13H20BrN5/c1-4-6-19-13(10(14)7-17-19)12(16-5-2)11-8-15-9-18(11)3/h7-9,12,16H,4-6H2,1-3H3. The zero-order chi connectivity index (χ0) is 13.8. The van der Waals surface area contributed by atoms with Crippen molar-refractivity contribution >= 4 is 15.9 Å². The van der Waals surface area contributed by atoms with Gasteiger partial charge in [-0.2, -0.15) is 5.10 Å². The van der Waals surface area contributed by atoms with E-state index in [4.69, 9.17) is 0 Å². The molecule has 1 N–H and O–H groups in total. The highest BCUT2D eigenvalue weighted by Gasteiger charge is 2.23. The minimum atomic E-state index is 0.0981. The second kappa shape index (κ2) is 6.34. The summed E-state index contributed by atoms with van der Waals surface area (Å²) in [5.41, 5.74) is 2.30. The van der Waals surface area contributed by atoms with Gasteiger partial charge in [-0.3, -0.25) is 4.68 Å². The molecule has 6 heteroatoms. The smallest absolute Gasteiger partial charge is 0.0946 e. The van der Waals surface area contributed by atoms with E-state index in [2.05, 4.69) is 49.9 Å². The molecular weight excluding hydrogens is 306 g/mol. The van der Waals surface area contributed by atoms with Gasteiger partial charge in [0, 0.05) is 13.6 Å². The van der Waals surface area contributed by atoms with Gasteiger partial charge in [0.15, 0.2) is 0 Å². The van der Waals surface area contributed by atoms with Crippen LogP contribution in [0.25, 0.3) is 0 Å². The Hall–Kier alpha value is -1.14. The van der Waals surface area contributed by atoms with Gasteiger partial charge in [0.25, 0.3) is 0 Å². The summed E-state index contributed by atoms with van der Waals surface area (Å²) >= 11 is 3.61. The number of nitrogens with zero attached hydrogens (tertiary/aromatic N) is 4. The third-order valence-electron chi connectivity index (χ3n) is 3.10. The fourth-order valence-electron chi connectivity index (χ4n) is 2.24. The second-order valence-electron chi connectivity index (χ2n) is 4.52. The minimum absolute atomic E-state index is 0.0981. The van der Waals surface area contributed by atoms with Crippen LogP contribution in [0.2, 0.25) is 0 Å². The number of nitrogens with one attached hydrogen (secondary N) is 1. The molecule has 1 atom stereocenters. The molecule has 104 valence electrons. The predicted molar refractivity (Wildman–Crippen MR) is 78.9 cm³/mol. The summed E-state index contributed by atoms with van der Waals surface area (Å²) in [5.74, 6) is 0. The van der Waals surface area contributed by atoms with E-state index in [1.54, 1.807) is 0 Å². The largest absolute Gasteiger partial charge is 0.336 e. The number of hydrogen-bond donors (Lipinski definition) is 1. The Kier molecular flexibility index (Phi) is 4.76. The van der Waals surface area contributed by atoms with Crippen LogP contribution in [0.5, 0.6) is 0 Å². The minimum Gasteiger partial charge on any atom is -0.336 e. The normalized spacial score (nSPS) is 12.8. The van der Waals surface area contributed by atoms with Crippen molar-refractivity contribution in [3.8, 4) is 0 Å². The van der Waals surface area contributed by atoms with Crippen LogP contribution < -0.4 is 5.32 Å². The van der Waals surface area contributed by atoms with Gasteiger partial charge >= 0.3 is 0 Å². The van der Waals surface area contributed by atoms with Crippen LogP contribution in [0.4, 0.5) is 0 Å². The maximum absolute atomic E-state index is 4.45. The van der Waals surface area contributed by atoms with Gasteiger partial charge in [-0.1, -0.05) is 13.8 Å². The van der Waals surface area contributed by atoms with Crippen molar-refractivity contribution in [3.63, 3.8) is 0 Å². The van der Waals surface area contributed by atoms with Crippen LogP contribution in [-0.4, -0.2) is 25.9 Å². The highest BCUT2D eigenvalue weighted by atomic mass is 79.9. The summed E-state index contributed by atoms with van der Waals surface area (Å²) in [6.45, 7) is 6.07. The van der Waals surface area contributed by atoms with Crippen molar-refractivity contribution < 1.29 is 0 Å². The summed E-state index contributed by atoms with van der Waals surface area (Å²) in [6, 6.07) is 0.0981. The molecule has 0 aliphatic carbocycles. The number of rotatable bonds is 6. The Morgan fingerprint density at radius 1 is 1.37 bits per heavy atom. The van der Waals surface area contributed by atoms with Crippen LogP contribution in [0.1, 0.15) is 37.7 Å². The van der Waals surface area contributed by atoms with Gasteiger partial charge in [-0.15, -0.1) is 0 Å². The average Bonchev–Trinajstić information content (AvgIpc) is 2.95. The first-order valence-corrected chi connectivity index (χ1v) is 7.39. The Morgan fingerprint density at radius 2 is 2.16 bits per heavy atom. The van der Waals surface area contributed by atoms with E-state index in [-0.39, 0.29) is 6.04 Å². The fourth-order valence-corrected chi connectivity index (χ4v) is 2.77. The van der Waals surface area contributed by atoms with E-state index in [1.807, 2.05) is 30.3 Å². The first-order valence-electron chi connectivity index (χ1n) is 6.59. The lowest BCUT2D eigenvalue weighted by Crippen LogP contribution is -2.27. The van der Waals surface area contributed by atoms with Gasteiger partial charge in [-0.25, -0.2) is 4.98 Å². The Bertz CT molecular complexity index is 531. The molecule has 1 unspecified atom stereocenters. The number of halogens is 1. The molecule has 19 heavy (non-hydrogen) atoms. The topological polar surface area (TPSA) is 47.7 Å². The first kappa shape index (κ1) is 14.3. The van der Waals surface area contributed by atoms with Crippen molar-refractivity contribution in [2.75, 3.05) is 6.54 Å². The van der Waals surface area contributed by atoms with E-state index in [0.29, 0.717) is 0 Å². The Morgan fingerprint density at radius 3 is 2.74 bits per heavy atom. The van der Waals surface area contributed by atoms with Crippen molar-refractivity contribution in [1.29, 1.82) is 0 Å². The molecule has 0 aromatic carbocycles. The molecule has 0 amide bonds. The molecule has 2 heterocycles. The van der Waals surface area contributed by atoms with E-state index in [0.717, 1.165) is 35.4 Å². The van der Waals surface area contributed by atoms with E-state index < -0.39 is 0 Å². The molecule has 0 aliphatic rings. The number of imidazole rings is 1. The zero-order valence-electron chi connectivity index (χ0n) is 11.6. The molecule has 0 spiro atoms. The van der Waals surface area contributed by atoms with Crippen LogP contribution in [0.15, 0.2) is 23.2 Å². The monoisotopic (exact) mass is 325 g/mol. The molecule has 5 nitrogen and oxygen atoms in total. The zero-order valence-corrected chi connectivity index (χ0v) is 13.2. The molecule has 2 aromatic heterocycles. The van der Waals surface area contributed by atoms with Crippen LogP contribution in [-0.2, 0) is 13.6 Å². The summed E-state index contributed by atoms with van der Waals surface area (Å²) in [5, 5.41) is 7.96. The molecular formula is C13H20BrN5. The van der Waals surface area contributed by atoms with Gasteiger partial charge in [-0.05, 0) is 28.9 Å². The molecule has 2 rings (SSSR count). The summed E-state index contributed by atoms with van der Waals surface area (Å²) in [7, 11) is 2.01. The highest BCUT2D eigenvalue weighted by Crippen LogP contribution is 2.28. The third-order valence-corrected chi connectivity index (χ3v) is 3.71. The molecule has 0 saturated carbocycles. The van der Waals surface area contributed by atoms with E-state index in [1.165, 1.54) is 0 Å². The lowest BCUT2D eigenvalue weighted by Gasteiger charge is -2.20. The summed E-state index contributed by atoms with van der Waals surface area (Å²) in [4.78, 5) is 4.22. The number of hydrogen-bond acceptors (Lipinski definition) is 3. The Balaban J connectivity index is 2.44. The van der Waals surface area contributed by atoms with Crippen molar-refractivity contribution in [1.82, 2.24) is 24.6 Å². The Labute approximate surface area is 122 Å². The molecule has 0 aliphatic heterocycles. The fraction of sp³-hybridized carbons (Fsp3) is 0.538. The molecule has 0 fully saturated rings.